The van der Waals surface area contributed by atoms with Crippen LogP contribution in [0.15, 0.2) is 18.2 Å². The summed E-state index contributed by atoms with van der Waals surface area (Å²) in [6.45, 7) is 1.78. The topological polar surface area (TPSA) is 46.5 Å². The van der Waals surface area contributed by atoms with Crippen LogP contribution in [-0.2, 0) is 15.7 Å². The van der Waals surface area contributed by atoms with E-state index in [0.717, 1.165) is 6.07 Å². The zero-order chi connectivity index (χ0) is 15.3. The van der Waals surface area contributed by atoms with Crippen molar-refractivity contribution in [2.75, 3.05) is 6.61 Å². The van der Waals surface area contributed by atoms with Gasteiger partial charge in [-0.2, -0.15) is 13.2 Å². The van der Waals surface area contributed by atoms with E-state index in [2.05, 4.69) is 4.74 Å². The lowest BCUT2D eigenvalue weighted by Gasteiger charge is -2.14. The van der Waals surface area contributed by atoms with Crippen LogP contribution in [0.3, 0.4) is 0 Å². The van der Waals surface area contributed by atoms with E-state index in [9.17, 15) is 27.5 Å². The van der Waals surface area contributed by atoms with Gasteiger partial charge >= 0.3 is 12.1 Å². The Kier molecular flexibility index (Phi) is 5.50. The minimum absolute atomic E-state index is 0.139. The maximum atomic E-state index is 13.1. The third-order valence-electron chi connectivity index (χ3n) is 2.56. The van der Waals surface area contributed by atoms with Gasteiger partial charge in [0.25, 0.3) is 0 Å². The molecule has 20 heavy (non-hydrogen) atoms. The van der Waals surface area contributed by atoms with Crippen LogP contribution in [0.5, 0.6) is 0 Å². The molecule has 0 saturated carbocycles. The molecule has 1 aromatic carbocycles. The molecule has 1 atom stereocenters. The number of halogens is 4. The maximum Gasteiger partial charge on any atom is 0.416 e. The summed E-state index contributed by atoms with van der Waals surface area (Å²) in [5, 5.41) is 9.71. The lowest BCUT2D eigenvalue weighted by Crippen LogP contribution is -2.10. The third kappa shape index (κ3) is 4.80. The molecule has 0 fully saturated rings. The Hall–Kier alpha value is -1.63. The highest BCUT2D eigenvalue weighted by atomic mass is 19.4. The normalized spacial score (nSPS) is 13.1. The molecule has 0 bridgehead atoms. The molecule has 3 nitrogen and oxygen atoms in total. The van der Waals surface area contributed by atoms with Crippen LogP contribution in [-0.4, -0.2) is 17.7 Å². The van der Waals surface area contributed by atoms with Crippen LogP contribution in [0.25, 0.3) is 0 Å². The Labute approximate surface area is 113 Å². The molecule has 1 aromatic rings. The van der Waals surface area contributed by atoms with Gasteiger partial charge in [-0.1, -0.05) is 0 Å². The second kappa shape index (κ2) is 6.69. The fourth-order valence-electron chi connectivity index (χ4n) is 1.62. The molecule has 1 rings (SSSR count). The molecule has 1 unspecified atom stereocenters. The lowest BCUT2D eigenvalue weighted by atomic mass is 10.0. The molecular weight excluding hydrogens is 280 g/mol. The van der Waals surface area contributed by atoms with Crippen LogP contribution in [0.2, 0.25) is 0 Å². The SMILES string of the molecule is CCOC(=O)CCC(O)c1cc(F)cc(C(F)(F)F)c1. The number of aliphatic hydroxyl groups is 1. The number of carbonyl (C=O) groups excluding carboxylic acids is 1. The van der Waals surface area contributed by atoms with Gasteiger partial charge in [-0.15, -0.1) is 0 Å². The Morgan fingerprint density at radius 1 is 1.35 bits per heavy atom. The maximum absolute atomic E-state index is 13.1. The number of carbonyl (C=O) groups is 1. The van der Waals surface area contributed by atoms with Gasteiger partial charge < -0.3 is 9.84 Å². The van der Waals surface area contributed by atoms with Crippen molar-refractivity contribution in [1.82, 2.24) is 0 Å². The fraction of sp³-hybridized carbons (Fsp3) is 0.462. The Balaban J connectivity index is 2.80. The average Bonchev–Trinajstić information content (AvgIpc) is 2.34. The number of ether oxygens (including phenoxy) is 1. The van der Waals surface area contributed by atoms with E-state index in [1.165, 1.54) is 0 Å². The van der Waals surface area contributed by atoms with E-state index in [4.69, 9.17) is 0 Å². The largest absolute Gasteiger partial charge is 0.466 e. The number of rotatable bonds is 5. The number of esters is 1. The fourth-order valence-corrected chi connectivity index (χ4v) is 1.62. The predicted octanol–water partition coefficient (Wildman–Crippen LogP) is 3.22. The van der Waals surface area contributed by atoms with Gasteiger partial charge in [0.1, 0.15) is 5.82 Å². The standard InChI is InChI=1S/C13H14F4O3/c1-2-20-12(19)4-3-11(18)8-5-9(13(15,16)17)7-10(14)6-8/h5-7,11,18H,2-4H2,1H3. The highest BCUT2D eigenvalue weighted by molar-refractivity contribution is 5.69. The van der Waals surface area contributed by atoms with Crippen LogP contribution < -0.4 is 0 Å². The Bertz CT molecular complexity index is 471. The molecule has 0 aliphatic carbocycles. The quantitative estimate of drug-likeness (QED) is 0.670. The van der Waals surface area contributed by atoms with Gasteiger partial charge in [-0.3, -0.25) is 4.79 Å². The Morgan fingerprint density at radius 2 is 2.00 bits per heavy atom. The molecule has 0 amide bonds. The van der Waals surface area contributed by atoms with E-state index in [1.54, 1.807) is 6.92 Å². The monoisotopic (exact) mass is 294 g/mol. The van der Waals surface area contributed by atoms with Crippen molar-refractivity contribution >= 4 is 5.97 Å². The highest BCUT2D eigenvalue weighted by Crippen LogP contribution is 2.32. The van der Waals surface area contributed by atoms with Crippen molar-refractivity contribution in [3.63, 3.8) is 0 Å². The smallest absolute Gasteiger partial charge is 0.416 e. The van der Waals surface area contributed by atoms with E-state index >= 15 is 0 Å². The van der Waals surface area contributed by atoms with Crippen LogP contribution >= 0.6 is 0 Å². The minimum Gasteiger partial charge on any atom is -0.466 e. The van der Waals surface area contributed by atoms with Crippen molar-refractivity contribution in [3.05, 3.63) is 35.1 Å². The van der Waals surface area contributed by atoms with E-state index in [-0.39, 0.29) is 25.0 Å². The summed E-state index contributed by atoms with van der Waals surface area (Å²) in [6, 6.07) is 1.82. The number of alkyl halides is 3. The van der Waals surface area contributed by atoms with Gasteiger partial charge in [0.05, 0.1) is 18.3 Å². The first-order chi connectivity index (χ1) is 9.24. The summed E-state index contributed by atoms with van der Waals surface area (Å²) in [7, 11) is 0. The second-order valence-corrected chi connectivity index (χ2v) is 4.13. The zero-order valence-electron chi connectivity index (χ0n) is 10.7. The number of aliphatic hydroxyl groups excluding tert-OH is 1. The van der Waals surface area contributed by atoms with Crippen LogP contribution in [0, 0.1) is 5.82 Å². The molecule has 0 heterocycles. The van der Waals surface area contributed by atoms with Crippen LogP contribution in [0.1, 0.15) is 37.0 Å². The minimum atomic E-state index is -4.70. The molecule has 0 saturated heterocycles. The van der Waals surface area contributed by atoms with Crippen molar-refractivity contribution < 1.29 is 32.2 Å². The molecule has 1 N–H and O–H groups in total. The summed E-state index contributed by atoms with van der Waals surface area (Å²) < 4.78 is 55.3. The molecule has 0 aliphatic heterocycles. The predicted molar refractivity (Wildman–Crippen MR) is 62.2 cm³/mol. The van der Waals surface area contributed by atoms with E-state index in [1.807, 2.05) is 0 Å². The van der Waals surface area contributed by atoms with Gasteiger partial charge in [0.2, 0.25) is 0 Å². The first-order valence-corrected chi connectivity index (χ1v) is 5.95. The average molecular weight is 294 g/mol. The van der Waals surface area contributed by atoms with Crippen molar-refractivity contribution in [2.24, 2.45) is 0 Å². The lowest BCUT2D eigenvalue weighted by molar-refractivity contribution is -0.144. The summed E-state index contributed by atoms with van der Waals surface area (Å²) in [4.78, 5) is 11.1. The summed E-state index contributed by atoms with van der Waals surface area (Å²) in [5.74, 6) is -1.66. The second-order valence-electron chi connectivity index (χ2n) is 4.13. The molecule has 112 valence electrons. The van der Waals surface area contributed by atoms with Crippen molar-refractivity contribution in [2.45, 2.75) is 32.0 Å². The molecule has 0 aliphatic rings. The van der Waals surface area contributed by atoms with Gasteiger partial charge in [0, 0.05) is 6.42 Å². The summed E-state index contributed by atoms with van der Waals surface area (Å²) >= 11 is 0. The highest BCUT2D eigenvalue weighted by Gasteiger charge is 2.32. The first kappa shape index (κ1) is 16.4. The van der Waals surface area contributed by atoms with Gasteiger partial charge in [0.15, 0.2) is 0 Å². The summed E-state index contributed by atoms with van der Waals surface area (Å²) in [5.41, 5.74) is -1.40. The van der Waals surface area contributed by atoms with Crippen molar-refractivity contribution in [1.29, 1.82) is 0 Å². The zero-order valence-corrected chi connectivity index (χ0v) is 10.7. The number of hydrogen-bond acceptors (Lipinski definition) is 3. The molecule has 0 radical (unpaired) electrons. The van der Waals surface area contributed by atoms with Gasteiger partial charge in [-0.25, -0.2) is 4.39 Å². The first-order valence-electron chi connectivity index (χ1n) is 5.95. The molecule has 0 spiro atoms. The Morgan fingerprint density at radius 3 is 2.55 bits per heavy atom. The molecule has 7 heteroatoms. The van der Waals surface area contributed by atoms with Gasteiger partial charge in [-0.05, 0) is 37.1 Å². The summed E-state index contributed by atoms with van der Waals surface area (Å²) in [6.07, 6.45) is -6.36. The van der Waals surface area contributed by atoms with E-state index < -0.39 is 29.6 Å². The van der Waals surface area contributed by atoms with E-state index in [0.29, 0.717) is 12.1 Å². The number of hydrogen-bond donors (Lipinski definition) is 1. The number of benzene rings is 1. The molecule has 0 aromatic heterocycles. The van der Waals surface area contributed by atoms with Crippen LogP contribution in [0.4, 0.5) is 17.6 Å². The molecular formula is C13H14F4O3. The van der Waals surface area contributed by atoms with Crippen molar-refractivity contribution in [3.8, 4) is 0 Å². The third-order valence-corrected chi connectivity index (χ3v) is 2.56.